The number of likely N-dealkylation sites (N-methyl/N-ethyl adjacent to an activating group) is 1. The maximum atomic E-state index is 12.5. The van der Waals surface area contributed by atoms with Gasteiger partial charge in [0.25, 0.3) is 0 Å². The van der Waals surface area contributed by atoms with Gasteiger partial charge < -0.3 is 10.4 Å². The monoisotopic (exact) mass is 316 g/mol. The van der Waals surface area contributed by atoms with E-state index >= 15 is 0 Å². The predicted octanol–water partition coefficient (Wildman–Crippen LogP) is 1.77. The number of aliphatic carboxylic acids is 1. The molecule has 2 aliphatic carbocycles. The molecular formula is C18H24N2O3. The number of hydrogen-bond acceptors (Lipinski definition) is 3. The zero-order valence-corrected chi connectivity index (χ0v) is 13.5. The van der Waals surface area contributed by atoms with Crippen molar-refractivity contribution in [3.05, 3.63) is 35.4 Å². The van der Waals surface area contributed by atoms with Crippen molar-refractivity contribution in [3.8, 4) is 0 Å². The molecule has 0 radical (unpaired) electrons. The van der Waals surface area contributed by atoms with Crippen LogP contribution in [0.2, 0.25) is 0 Å². The molecule has 2 N–H and O–H groups in total. The van der Waals surface area contributed by atoms with Gasteiger partial charge in [-0.05, 0) is 43.4 Å². The van der Waals surface area contributed by atoms with Crippen molar-refractivity contribution in [2.45, 2.75) is 50.6 Å². The fourth-order valence-electron chi connectivity index (χ4n) is 3.81. The van der Waals surface area contributed by atoms with Gasteiger partial charge in [-0.25, -0.2) is 0 Å². The Kier molecular flexibility index (Phi) is 4.66. The van der Waals surface area contributed by atoms with Gasteiger partial charge in [-0.3, -0.25) is 14.5 Å². The molecule has 0 heterocycles. The van der Waals surface area contributed by atoms with Crippen LogP contribution in [0.25, 0.3) is 0 Å². The van der Waals surface area contributed by atoms with E-state index in [-0.39, 0.29) is 30.5 Å². The molecule has 124 valence electrons. The second-order valence-corrected chi connectivity index (χ2v) is 6.58. The van der Waals surface area contributed by atoms with Gasteiger partial charge in [0.2, 0.25) is 5.91 Å². The molecular weight excluding hydrogens is 292 g/mol. The van der Waals surface area contributed by atoms with E-state index in [9.17, 15) is 9.59 Å². The number of carboxylic acid groups (broad SMARTS) is 1. The minimum absolute atomic E-state index is 0.0217. The molecule has 23 heavy (non-hydrogen) atoms. The number of fused-ring (bicyclic) bond motifs is 1. The molecule has 1 saturated carbocycles. The van der Waals surface area contributed by atoms with Crippen LogP contribution in [0.3, 0.4) is 0 Å². The molecule has 0 bridgehead atoms. The Bertz CT molecular complexity index is 596. The summed E-state index contributed by atoms with van der Waals surface area (Å²) in [5, 5.41) is 12.1. The number of hydrogen-bond donors (Lipinski definition) is 2. The maximum absolute atomic E-state index is 12.5. The van der Waals surface area contributed by atoms with Gasteiger partial charge in [-0.2, -0.15) is 0 Å². The maximum Gasteiger partial charge on any atom is 0.317 e. The lowest BCUT2D eigenvalue weighted by Crippen LogP contribution is -2.55. The molecule has 0 spiro atoms. The zero-order chi connectivity index (χ0) is 16.4. The fraction of sp³-hybridized carbons (Fsp3) is 0.556. The van der Waals surface area contributed by atoms with E-state index in [0.717, 1.165) is 32.2 Å². The first-order valence-electron chi connectivity index (χ1n) is 8.42. The van der Waals surface area contributed by atoms with E-state index in [1.807, 2.05) is 24.0 Å². The van der Waals surface area contributed by atoms with E-state index in [0.29, 0.717) is 0 Å². The molecule has 5 heteroatoms. The van der Waals surface area contributed by atoms with Crippen molar-refractivity contribution in [3.63, 3.8) is 0 Å². The molecule has 1 aromatic carbocycles. The van der Waals surface area contributed by atoms with Crippen molar-refractivity contribution in [2.75, 3.05) is 13.1 Å². The van der Waals surface area contributed by atoms with E-state index in [4.69, 9.17) is 5.11 Å². The first-order valence-corrected chi connectivity index (χ1v) is 8.42. The summed E-state index contributed by atoms with van der Waals surface area (Å²) in [7, 11) is 0. The van der Waals surface area contributed by atoms with Gasteiger partial charge in [-0.15, -0.1) is 0 Å². The molecule has 3 rings (SSSR count). The van der Waals surface area contributed by atoms with Crippen LogP contribution in [0, 0.1) is 0 Å². The Labute approximate surface area is 136 Å². The van der Waals surface area contributed by atoms with Crippen LogP contribution in [0.15, 0.2) is 24.3 Å². The Balaban J connectivity index is 1.51. The topological polar surface area (TPSA) is 69.6 Å². The summed E-state index contributed by atoms with van der Waals surface area (Å²) >= 11 is 0. The smallest absolute Gasteiger partial charge is 0.317 e. The predicted molar refractivity (Wildman–Crippen MR) is 87.3 cm³/mol. The third-order valence-electron chi connectivity index (χ3n) is 5.17. The first kappa shape index (κ1) is 16.0. The highest BCUT2D eigenvalue weighted by Crippen LogP contribution is 2.34. The molecule has 1 unspecified atom stereocenters. The minimum atomic E-state index is -0.790. The molecule has 1 atom stereocenters. The van der Waals surface area contributed by atoms with Crippen LogP contribution in [0.4, 0.5) is 0 Å². The van der Waals surface area contributed by atoms with Crippen LogP contribution in [-0.2, 0) is 16.0 Å². The molecule has 5 nitrogen and oxygen atoms in total. The highest BCUT2D eigenvalue weighted by molar-refractivity contribution is 5.85. The van der Waals surface area contributed by atoms with Gasteiger partial charge >= 0.3 is 5.97 Å². The number of carbonyl (C=O) groups is 2. The summed E-state index contributed by atoms with van der Waals surface area (Å²) in [6, 6.07) is 8.64. The quantitative estimate of drug-likeness (QED) is 0.839. The van der Waals surface area contributed by atoms with Gasteiger partial charge in [0.05, 0.1) is 12.5 Å². The van der Waals surface area contributed by atoms with Crippen molar-refractivity contribution in [1.29, 1.82) is 0 Å². The van der Waals surface area contributed by atoms with Crippen molar-refractivity contribution < 1.29 is 14.7 Å². The lowest BCUT2D eigenvalue weighted by Gasteiger charge is -2.42. The highest BCUT2D eigenvalue weighted by Gasteiger charge is 2.37. The van der Waals surface area contributed by atoms with Crippen molar-refractivity contribution in [1.82, 2.24) is 10.2 Å². The Hall–Kier alpha value is -1.88. The summed E-state index contributed by atoms with van der Waals surface area (Å²) in [5.41, 5.74) is 2.46. The molecule has 1 amide bonds. The van der Waals surface area contributed by atoms with Crippen LogP contribution in [-0.4, -0.2) is 47.1 Å². The standard InChI is InChI=1S/C18H24N2O3/c1-2-20(11-17(21)22)14-9-13(10-14)19-18(23)16-8-7-12-5-3-4-6-15(12)16/h3-6,13-14,16H,2,7-11H2,1H3,(H,19,23)(H,21,22). The Morgan fingerprint density at radius 3 is 2.74 bits per heavy atom. The summed E-state index contributed by atoms with van der Waals surface area (Å²) in [6.45, 7) is 2.79. The van der Waals surface area contributed by atoms with Gasteiger partial charge in [0.1, 0.15) is 0 Å². The van der Waals surface area contributed by atoms with Gasteiger partial charge in [-0.1, -0.05) is 31.2 Å². The number of nitrogens with one attached hydrogen (secondary N) is 1. The number of nitrogens with zero attached hydrogens (tertiary/aromatic N) is 1. The normalized spacial score (nSPS) is 25.7. The molecule has 0 aliphatic heterocycles. The molecule has 2 aliphatic rings. The zero-order valence-electron chi connectivity index (χ0n) is 13.5. The Morgan fingerprint density at radius 1 is 1.30 bits per heavy atom. The van der Waals surface area contributed by atoms with E-state index in [2.05, 4.69) is 17.4 Å². The fourth-order valence-corrected chi connectivity index (χ4v) is 3.81. The van der Waals surface area contributed by atoms with Gasteiger partial charge in [0.15, 0.2) is 0 Å². The molecule has 0 saturated heterocycles. The first-order chi connectivity index (χ1) is 11.1. The summed E-state index contributed by atoms with van der Waals surface area (Å²) in [4.78, 5) is 25.3. The number of benzene rings is 1. The third kappa shape index (κ3) is 3.39. The van der Waals surface area contributed by atoms with Crippen LogP contribution >= 0.6 is 0 Å². The van der Waals surface area contributed by atoms with E-state index in [1.165, 1.54) is 11.1 Å². The van der Waals surface area contributed by atoms with Gasteiger partial charge in [0, 0.05) is 12.1 Å². The minimum Gasteiger partial charge on any atom is -0.480 e. The average Bonchev–Trinajstić information content (AvgIpc) is 2.92. The average molecular weight is 316 g/mol. The van der Waals surface area contributed by atoms with Crippen LogP contribution in [0.1, 0.15) is 43.2 Å². The van der Waals surface area contributed by atoms with Crippen molar-refractivity contribution in [2.24, 2.45) is 0 Å². The Morgan fingerprint density at radius 2 is 2.04 bits per heavy atom. The largest absolute Gasteiger partial charge is 0.480 e. The van der Waals surface area contributed by atoms with Crippen LogP contribution in [0.5, 0.6) is 0 Å². The molecule has 1 fully saturated rings. The van der Waals surface area contributed by atoms with Crippen LogP contribution < -0.4 is 5.32 Å². The lowest BCUT2D eigenvalue weighted by atomic mass is 9.84. The molecule has 1 aromatic rings. The number of carbonyl (C=O) groups excluding carboxylic acids is 1. The van der Waals surface area contributed by atoms with E-state index in [1.54, 1.807) is 0 Å². The second-order valence-electron chi connectivity index (χ2n) is 6.58. The van der Waals surface area contributed by atoms with Crippen molar-refractivity contribution >= 4 is 11.9 Å². The summed E-state index contributed by atoms with van der Waals surface area (Å²) in [5.74, 6) is -0.687. The summed E-state index contributed by atoms with van der Waals surface area (Å²) < 4.78 is 0. The SMILES string of the molecule is CCN(CC(=O)O)C1CC(NC(=O)C2CCc3ccccc32)C1. The lowest BCUT2D eigenvalue weighted by molar-refractivity contribution is -0.139. The number of aryl methyl sites for hydroxylation is 1. The number of amides is 1. The third-order valence-corrected chi connectivity index (χ3v) is 5.17. The highest BCUT2D eigenvalue weighted by atomic mass is 16.4. The number of carboxylic acids is 1. The summed E-state index contributed by atoms with van der Waals surface area (Å²) in [6.07, 6.45) is 3.56. The van der Waals surface area contributed by atoms with E-state index < -0.39 is 5.97 Å². The number of rotatable bonds is 6. The second kappa shape index (κ2) is 6.71. The molecule has 0 aromatic heterocycles.